The highest BCUT2D eigenvalue weighted by Crippen LogP contribution is 2.41. The van der Waals surface area contributed by atoms with E-state index < -0.39 is 11.6 Å². The molecule has 0 radical (unpaired) electrons. The minimum absolute atomic E-state index is 0.106. The summed E-state index contributed by atoms with van der Waals surface area (Å²) >= 11 is 12.2. The van der Waals surface area contributed by atoms with Crippen LogP contribution in [-0.4, -0.2) is 39.7 Å². The molecule has 0 amide bonds. The van der Waals surface area contributed by atoms with Crippen LogP contribution in [0.3, 0.4) is 0 Å². The highest BCUT2D eigenvalue weighted by Gasteiger charge is 2.32. The Balaban J connectivity index is 1.27. The number of imidazole rings is 1. The van der Waals surface area contributed by atoms with E-state index in [-0.39, 0.29) is 11.2 Å². The number of rotatable bonds is 8. The molecule has 5 rings (SSSR count). The van der Waals surface area contributed by atoms with Crippen LogP contribution in [0.25, 0.3) is 5.69 Å². The van der Waals surface area contributed by atoms with Gasteiger partial charge in [-0.2, -0.15) is 0 Å². The molecule has 36 heavy (non-hydrogen) atoms. The summed E-state index contributed by atoms with van der Waals surface area (Å²) in [6.45, 7) is 1.14. The van der Waals surface area contributed by atoms with Crippen LogP contribution in [0.2, 0.25) is 10.4 Å². The summed E-state index contributed by atoms with van der Waals surface area (Å²) in [6.07, 6.45) is 5.43. The number of nitrogens with zero attached hydrogens (tertiary/aromatic N) is 5. The fourth-order valence-electron chi connectivity index (χ4n) is 4.63. The highest BCUT2D eigenvalue weighted by molar-refractivity contribution is 6.29. The monoisotopic (exact) mass is 529 g/mol. The third-order valence-electron chi connectivity index (χ3n) is 6.29. The van der Waals surface area contributed by atoms with E-state index in [1.165, 1.54) is 12.1 Å². The normalized spacial score (nSPS) is 14.6. The van der Waals surface area contributed by atoms with Crippen molar-refractivity contribution < 1.29 is 13.5 Å². The maximum atomic E-state index is 14.5. The number of halogens is 4. The second kappa shape index (κ2) is 10.4. The molecule has 0 fully saturated rings. The largest absolute Gasteiger partial charge is 0.491 e. The van der Waals surface area contributed by atoms with Crippen LogP contribution in [0.4, 0.5) is 14.6 Å². The van der Waals surface area contributed by atoms with Gasteiger partial charge in [0.1, 0.15) is 34.7 Å². The summed E-state index contributed by atoms with van der Waals surface area (Å²) in [7, 11) is 1.94. The lowest BCUT2D eigenvalue weighted by Gasteiger charge is -2.22. The molecular formula is C26H23Cl2F2N5O. The highest BCUT2D eigenvalue weighted by atomic mass is 35.5. The van der Waals surface area contributed by atoms with Crippen molar-refractivity contribution in [1.29, 1.82) is 0 Å². The molecule has 0 N–H and O–H groups in total. The van der Waals surface area contributed by atoms with Crippen molar-refractivity contribution in [2.45, 2.75) is 25.2 Å². The summed E-state index contributed by atoms with van der Waals surface area (Å²) in [5.41, 5.74) is 2.92. The summed E-state index contributed by atoms with van der Waals surface area (Å²) in [5, 5.41) is 0.515. The molecule has 2 aromatic carbocycles. The van der Waals surface area contributed by atoms with Gasteiger partial charge in [0, 0.05) is 37.3 Å². The van der Waals surface area contributed by atoms with Crippen molar-refractivity contribution in [2.24, 2.45) is 0 Å². The Labute approximate surface area is 217 Å². The SMILES string of the molecule is CN(CCCOc1ccccc1-n1cnc(Cl)c1)c1nc(Cl)nc2c1CCC2c1ccc(F)cc1F. The molecule has 1 unspecified atom stereocenters. The predicted octanol–water partition coefficient (Wildman–Crippen LogP) is 6.23. The van der Waals surface area contributed by atoms with Gasteiger partial charge >= 0.3 is 0 Å². The Morgan fingerprint density at radius 2 is 1.97 bits per heavy atom. The van der Waals surface area contributed by atoms with Crippen LogP contribution in [0.1, 0.15) is 35.6 Å². The molecule has 10 heteroatoms. The Morgan fingerprint density at radius 1 is 1.14 bits per heavy atom. The zero-order chi connectivity index (χ0) is 25.2. The number of benzene rings is 2. The quantitative estimate of drug-likeness (QED) is 0.200. The Bertz CT molecular complexity index is 1400. The number of hydrogen-bond donors (Lipinski definition) is 0. The van der Waals surface area contributed by atoms with E-state index in [1.54, 1.807) is 12.5 Å². The van der Waals surface area contributed by atoms with Crippen LogP contribution in [0.15, 0.2) is 55.0 Å². The molecule has 0 saturated carbocycles. The number of fused-ring (bicyclic) bond motifs is 1. The third-order valence-corrected chi connectivity index (χ3v) is 6.66. The Kier molecular flexibility index (Phi) is 7.07. The minimum Gasteiger partial charge on any atom is -0.491 e. The van der Waals surface area contributed by atoms with Crippen molar-refractivity contribution in [3.63, 3.8) is 0 Å². The molecule has 6 nitrogen and oxygen atoms in total. The van der Waals surface area contributed by atoms with E-state index in [9.17, 15) is 8.78 Å². The summed E-state index contributed by atoms with van der Waals surface area (Å²) < 4.78 is 35.8. The first-order chi connectivity index (χ1) is 17.4. The number of anilines is 1. The third kappa shape index (κ3) is 5.01. The molecular weight excluding hydrogens is 507 g/mol. The van der Waals surface area contributed by atoms with Gasteiger partial charge < -0.3 is 14.2 Å². The Hall–Kier alpha value is -3.23. The van der Waals surface area contributed by atoms with Crippen LogP contribution in [0, 0.1) is 11.6 Å². The van der Waals surface area contributed by atoms with Crippen LogP contribution in [-0.2, 0) is 6.42 Å². The van der Waals surface area contributed by atoms with E-state index >= 15 is 0 Å². The molecule has 0 spiro atoms. The topological polar surface area (TPSA) is 56.1 Å². The van der Waals surface area contributed by atoms with Gasteiger partial charge in [-0.05, 0) is 54.6 Å². The summed E-state index contributed by atoms with van der Waals surface area (Å²) in [6, 6.07) is 11.3. The van der Waals surface area contributed by atoms with E-state index in [4.69, 9.17) is 27.9 Å². The molecule has 0 aliphatic heterocycles. The minimum atomic E-state index is -0.603. The van der Waals surface area contributed by atoms with Gasteiger partial charge in [0.2, 0.25) is 5.28 Å². The zero-order valence-electron chi connectivity index (χ0n) is 19.5. The molecule has 1 aliphatic carbocycles. The van der Waals surface area contributed by atoms with Gasteiger partial charge in [-0.15, -0.1) is 0 Å². The molecule has 0 saturated heterocycles. The van der Waals surface area contributed by atoms with E-state index in [0.29, 0.717) is 42.4 Å². The van der Waals surface area contributed by atoms with Gasteiger partial charge in [-0.3, -0.25) is 0 Å². The van der Waals surface area contributed by atoms with Crippen molar-refractivity contribution in [3.05, 3.63) is 93.9 Å². The molecule has 1 atom stereocenters. The smallest absolute Gasteiger partial charge is 0.224 e. The molecule has 0 bridgehead atoms. The van der Waals surface area contributed by atoms with E-state index in [2.05, 4.69) is 15.0 Å². The predicted molar refractivity (Wildman–Crippen MR) is 136 cm³/mol. The van der Waals surface area contributed by atoms with Crippen molar-refractivity contribution in [1.82, 2.24) is 19.5 Å². The lowest BCUT2D eigenvalue weighted by molar-refractivity contribution is 0.311. The van der Waals surface area contributed by atoms with Crippen LogP contribution >= 0.6 is 23.2 Å². The maximum Gasteiger partial charge on any atom is 0.224 e. The first-order valence-electron chi connectivity index (χ1n) is 11.5. The molecule has 2 aromatic heterocycles. The average Bonchev–Trinajstić information content (AvgIpc) is 3.48. The van der Waals surface area contributed by atoms with Gasteiger partial charge in [0.25, 0.3) is 0 Å². The number of hydrogen-bond acceptors (Lipinski definition) is 5. The summed E-state index contributed by atoms with van der Waals surface area (Å²) in [5.74, 6) is -0.0141. The van der Waals surface area contributed by atoms with Gasteiger partial charge in [0.15, 0.2) is 0 Å². The van der Waals surface area contributed by atoms with Gasteiger partial charge in [-0.1, -0.05) is 29.8 Å². The number of ether oxygens (including phenoxy) is 1. The van der Waals surface area contributed by atoms with Crippen LogP contribution < -0.4 is 9.64 Å². The van der Waals surface area contributed by atoms with Crippen LogP contribution in [0.5, 0.6) is 5.75 Å². The standard InChI is InChI=1S/C26H23Cl2F2N5O/c1-34(11-4-12-36-22-6-3-2-5-21(22)35-14-23(27)31-15-35)25-19-10-9-18(24(19)32-26(28)33-25)17-8-7-16(29)13-20(17)30/h2-3,5-8,13-15,18H,4,9-12H2,1H3. The van der Waals surface area contributed by atoms with Gasteiger partial charge in [0.05, 0.1) is 18.0 Å². The fraction of sp³-hybridized carbons (Fsp3) is 0.269. The van der Waals surface area contributed by atoms with Crippen molar-refractivity contribution in [2.75, 3.05) is 25.1 Å². The molecule has 186 valence electrons. The summed E-state index contributed by atoms with van der Waals surface area (Å²) in [4.78, 5) is 15.0. The Morgan fingerprint density at radius 3 is 2.75 bits per heavy atom. The van der Waals surface area contributed by atoms with E-state index in [0.717, 1.165) is 35.3 Å². The molecule has 2 heterocycles. The lowest BCUT2D eigenvalue weighted by atomic mass is 9.96. The first kappa shape index (κ1) is 24.5. The second-order valence-corrected chi connectivity index (χ2v) is 9.36. The van der Waals surface area contributed by atoms with Crippen molar-refractivity contribution >= 4 is 29.0 Å². The zero-order valence-corrected chi connectivity index (χ0v) is 21.0. The molecule has 4 aromatic rings. The number of para-hydroxylation sites is 2. The second-order valence-electron chi connectivity index (χ2n) is 8.63. The average molecular weight is 530 g/mol. The van der Waals surface area contributed by atoms with Gasteiger partial charge in [-0.25, -0.2) is 23.7 Å². The lowest BCUT2D eigenvalue weighted by Crippen LogP contribution is -2.23. The first-order valence-corrected chi connectivity index (χ1v) is 12.3. The fourth-order valence-corrected chi connectivity index (χ4v) is 4.95. The molecule has 1 aliphatic rings. The van der Waals surface area contributed by atoms with E-state index in [1.807, 2.05) is 40.8 Å². The van der Waals surface area contributed by atoms with Crippen molar-refractivity contribution in [3.8, 4) is 11.4 Å². The number of aromatic nitrogens is 4. The maximum absolute atomic E-state index is 14.5.